The fourth-order valence-corrected chi connectivity index (χ4v) is 5.49. The Labute approximate surface area is 228 Å². The highest BCUT2D eigenvalue weighted by Gasteiger charge is 2.53. The number of rotatable bonds is 9. The van der Waals surface area contributed by atoms with E-state index in [1.165, 1.54) is 6.92 Å². The third-order valence-corrected chi connectivity index (χ3v) is 7.23. The molecule has 4 aromatic carbocycles. The van der Waals surface area contributed by atoms with Crippen LogP contribution in [-0.2, 0) is 14.3 Å². The minimum atomic E-state index is -0.829. The highest BCUT2D eigenvalue weighted by atomic mass is 16.6. The van der Waals surface area contributed by atoms with E-state index in [1.54, 1.807) is 24.3 Å². The van der Waals surface area contributed by atoms with Gasteiger partial charge in [-0.15, -0.1) is 0 Å². The normalized spacial score (nSPS) is 21.2. The van der Waals surface area contributed by atoms with E-state index in [1.807, 2.05) is 97.1 Å². The molecule has 1 unspecified atom stereocenters. The molecule has 0 aromatic heterocycles. The fraction of sp³-hybridized carbons (Fsp3) is 0.206. The Morgan fingerprint density at radius 2 is 1.23 bits per heavy atom. The first-order valence-electron chi connectivity index (χ1n) is 13.1. The molecule has 0 saturated carbocycles. The van der Waals surface area contributed by atoms with Gasteiger partial charge in [0.1, 0.15) is 6.10 Å². The molecule has 5 rings (SSSR count). The van der Waals surface area contributed by atoms with Gasteiger partial charge in [-0.1, -0.05) is 121 Å². The van der Waals surface area contributed by atoms with Gasteiger partial charge in [-0.05, 0) is 11.1 Å². The minimum absolute atomic E-state index is 0.0691. The maximum absolute atomic E-state index is 14.3. The van der Waals surface area contributed by atoms with Crippen molar-refractivity contribution in [1.29, 1.82) is 0 Å². The summed E-state index contributed by atoms with van der Waals surface area (Å²) in [7, 11) is 0. The summed E-state index contributed by atoms with van der Waals surface area (Å²) in [5.41, 5.74) is 2.70. The molecular weight excluding hydrogens is 488 g/mol. The molecule has 1 aliphatic rings. The van der Waals surface area contributed by atoms with Crippen LogP contribution in [0.5, 0.6) is 0 Å². The number of esters is 1. The minimum Gasteiger partial charge on any atom is -0.455 e. The molecule has 5 atom stereocenters. The molecule has 0 N–H and O–H groups in total. The summed E-state index contributed by atoms with van der Waals surface area (Å²) in [6.07, 6.45) is -2.08. The van der Waals surface area contributed by atoms with Crippen LogP contribution in [0.25, 0.3) is 0 Å². The van der Waals surface area contributed by atoms with Crippen LogP contribution in [0.4, 0.5) is 0 Å². The number of benzene rings is 4. The monoisotopic (exact) mass is 518 g/mol. The summed E-state index contributed by atoms with van der Waals surface area (Å²) in [6.45, 7) is 1.35. The van der Waals surface area contributed by atoms with Crippen LogP contribution in [0.3, 0.4) is 0 Å². The molecule has 0 bridgehead atoms. The van der Waals surface area contributed by atoms with Crippen molar-refractivity contribution in [3.8, 4) is 0 Å². The Hall–Kier alpha value is -4.35. The second-order valence-corrected chi connectivity index (χ2v) is 9.79. The van der Waals surface area contributed by atoms with Gasteiger partial charge in [-0.25, -0.2) is 0 Å². The van der Waals surface area contributed by atoms with Gasteiger partial charge < -0.3 is 9.47 Å². The highest BCUT2D eigenvalue weighted by molar-refractivity contribution is 6.00. The van der Waals surface area contributed by atoms with Crippen molar-refractivity contribution in [3.63, 3.8) is 0 Å². The largest absolute Gasteiger partial charge is 0.455 e. The second-order valence-electron chi connectivity index (χ2n) is 9.79. The topological polar surface area (TPSA) is 69.7 Å². The van der Waals surface area contributed by atoms with Crippen molar-refractivity contribution >= 4 is 17.5 Å². The lowest BCUT2D eigenvalue weighted by Crippen LogP contribution is -2.36. The average Bonchev–Trinajstić information content (AvgIpc) is 3.35. The number of ketones is 2. The first-order chi connectivity index (χ1) is 19.0. The molecule has 0 amide bonds. The predicted octanol–water partition coefficient (Wildman–Crippen LogP) is 6.82. The van der Waals surface area contributed by atoms with E-state index in [0.29, 0.717) is 11.1 Å². The van der Waals surface area contributed by atoms with E-state index < -0.39 is 36.1 Å². The molecule has 0 aliphatic carbocycles. The molecule has 0 spiro atoms. The van der Waals surface area contributed by atoms with Crippen LogP contribution in [-0.4, -0.2) is 23.6 Å². The number of carbonyl (C=O) groups excluding carboxylic acids is 3. The lowest BCUT2D eigenvalue weighted by atomic mass is 9.75. The zero-order valence-corrected chi connectivity index (χ0v) is 21.7. The van der Waals surface area contributed by atoms with Crippen LogP contribution in [0, 0.1) is 11.8 Å². The van der Waals surface area contributed by atoms with Gasteiger partial charge in [0.05, 0.1) is 12.0 Å². The average molecular weight is 519 g/mol. The van der Waals surface area contributed by atoms with Crippen LogP contribution in [0.1, 0.15) is 57.4 Å². The Bertz CT molecular complexity index is 1400. The summed E-state index contributed by atoms with van der Waals surface area (Å²) in [5, 5.41) is 0. The lowest BCUT2D eigenvalue weighted by molar-refractivity contribution is -0.156. The van der Waals surface area contributed by atoms with E-state index in [9.17, 15) is 14.4 Å². The Balaban J connectivity index is 1.63. The smallest absolute Gasteiger partial charge is 0.303 e. The number of hydrogen-bond acceptors (Lipinski definition) is 5. The quantitative estimate of drug-likeness (QED) is 0.180. The molecule has 4 aromatic rings. The molecule has 5 heteroatoms. The number of ether oxygens (including phenoxy) is 2. The summed E-state index contributed by atoms with van der Waals surface area (Å²) in [5.74, 6) is -1.91. The maximum atomic E-state index is 14.3. The highest BCUT2D eigenvalue weighted by Crippen LogP contribution is 2.50. The van der Waals surface area contributed by atoms with Crippen molar-refractivity contribution in [2.45, 2.75) is 31.7 Å². The summed E-state index contributed by atoms with van der Waals surface area (Å²) in [6, 6.07) is 37.1. The first kappa shape index (κ1) is 26.3. The molecule has 196 valence electrons. The molecule has 0 radical (unpaired) electrons. The predicted molar refractivity (Wildman–Crippen MR) is 148 cm³/mol. The summed E-state index contributed by atoms with van der Waals surface area (Å²) < 4.78 is 12.6. The summed E-state index contributed by atoms with van der Waals surface area (Å²) in [4.78, 5) is 40.1. The van der Waals surface area contributed by atoms with E-state index in [2.05, 4.69) is 0 Å². The van der Waals surface area contributed by atoms with Crippen LogP contribution >= 0.6 is 0 Å². The van der Waals surface area contributed by atoms with Crippen LogP contribution < -0.4 is 0 Å². The second kappa shape index (κ2) is 12.0. The number of hydrogen-bond donors (Lipinski definition) is 0. The van der Waals surface area contributed by atoms with Crippen molar-refractivity contribution in [2.75, 3.05) is 0 Å². The van der Waals surface area contributed by atoms with Gasteiger partial charge in [0.25, 0.3) is 0 Å². The van der Waals surface area contributed by atoms with Gasteiger partial charge in [0.15, 0.2) is 17.7 Å². The molecule has 1 fully saturated rings. The van der Waals surface area contributed by atoms with E-state index in [4.69, 9.17) is 9.47 Å². The van der Waals surface area contributed by atoms with Crippen molar-refractivity contribution in [2.24, 2.45) is 11.8 Å². The van der Waals surface area contributed by atoms with Gasteiger partial charge >= 0.3 is 5.97 Å². The standard InChI is InChI=1S/C34H30O5/c1-23(35)38-33(27-20-12-5-13-21-27)34-30(31(37)25-16-8-3-9-17-25)28(22-29(36)24-14-6-2-7-15-24)32(39-34)26-18-10-4-11-19-26/h2-21,28,30,32-34H,22H2,1H3/t28-,30-,32+,33?,34+/m0/s1. The van der Waals surface area contributed by atoms with Crippen LogP contribution in [0.2, 0.25) is 0 Å². The molecule has 1 saturated heterocycles. The Morgan fingerprint density at radius 3 is 1.79 bits per heavy atom. The Morgan fingerprint density at radius 1 is 0.718 bits per heavy atom. The molecule has 1 aliphatic heterocycles. The zero-order valence-electron chi connectivity index (χ0n) is 21.7. The van der Waals surface area contributed by atoms with Crippen molar-refractivity contribution in [3.05, 3.63) is 144 Å². The van der Waals surface area contributed by atoms with E-state index in [-0.39, 0.29) is 18.0 Å². The Kier molecular flexibility index (Phi) is 8.09. The SMILES string of the molecule is CC(=O)OC(c1ccccc1)[C@@H]1O[C@H](c2ccccc2)[C@@H](CC(=O)c2ccccc2)[C@H]1C(=O)c1ccccc1. The van der Waals surface area contributed by atoms with E-state index >= 15 is 0 Å². The summed E-state index contributed by atoms with van der Waals surface area (Å²) >= 11 is 0. The zero-order chi connectivity index (χ0) is 27.2. The third-order valence-electron chi connectivity index (χ3n) is 7.23. The lowest BCUT2D eigenvalue weighted by Gasteiger charge is -2.28. The number of Topliss-reactive ketones (excluding diaryl/α,β-unsaturated/α-hetero) is 2. The van der Waals surface area contributed by atoms with Gasteiger partial charge in [-0.3, -0.25) is 14.4 Å². The molecular formula is C34H30O5. The first-order valence-corrected chi connectivity index (χ1v) is 13.1. The van der Waals surface area contributed by atoms with Crippen LogP contribution in [0.15, 0.2) is 121 Å². The van der Waals surface area contributed by atoms with Crippen molar-refractivity contribution in [1.82, 2.24) is 0 Å². The van der Waals surface area contributed by atoms with E-state index in [0.717, 1.165) is 11.1 Å². The van der Waals surface area contributed by atoms with Gasteiger partial charge in [0.2, 0.25) is 0 Å². The number of carbonyl (C=O) groups is 3. The molecule has 5 nitrogen and oxygen atoms in total. The van der Waals surface area contributed by atoms with Crippen molar-refractivity contribution < 1.29 is 23.9 Å². The van der Waals surface area contributed by atoms with Gasteiger partial charge in [-0.2, -0.15) is 0 Å². The van der Waals surface area contributed by atoms with Gasteiger partial charge in [0, 0.05) is 30.4 Å². The fourth-order valence-electron chi connectivity index (χ4n) is 5.49. The molecule has 39 heavy (non-hydrogen) atoms. The third kappa shape index (κ3) is 5.89. The molecule has 1 heterocycles. The maximum Gasteiger partial charge on any atom is 0.303 e.